The highest BCUT2D eigenvalue weighted by Crippen LogP contribution is 2.33. The van der Waals surface area contributed by atoms with E-state index in [9.17, 15) is 40.9 Å². The van der Waals surface area contributed by atoms with Crippen LogP contribution in [0.4, 0.5) is 0 Å². The first kappa shape index (κ1) is 29.9. The first-order chi connectivity index (χ1) is 17.1. The Labute approximate surface area is 207 Å². The first-order valence-corrected chi connectivity index (χ1v) is 12.0. The summed E-state index contributed by atoms with van der Waals surface area (Å²) in [5.74, 6) is 0. The average Bonchev–Trinajstić information content (AvgIpc) is 2.85. The van der Waals surface area contributed by atoms with Gasteiger partial charge in [0, 0.05) is 6.42 Å². The van der Waals surface area contributed by atoms with E-state index in [4.69, 9.17) is 34.2 Å². The lowest BCUT2D eigenvalue weighted by Gasteiger charge is -2.48. The summed E-state index contributed by atoms with van der Waals surface area (Å²) >= 11 is 0. The molecule has 15 heteroatoms. The van der Waals surface area contributed by atoms with Crippen molar-refractivity contribution < 1.29 is 69.3 Å². The maximum atomic E-state index is 10.9. The summed E-state index contributed by atoms with van der Waals surface area (Å²) in [6.45, 7) is 0.628. The molecule has 3 heterocycles. The molecule has 0 aliphatic carbocycles. The molecule has 3 aliphatic heterocycles. The Morgan fingerprint density at radius 3 is 2.00 bits per heavy atom. The summed E-state index contributed by atoms with van der Waals surface area (Å²) in [7, 11) is 0. The van der Waals surface area contributed by atoms with Crippen molar-refractivity contribution >= 4 is 0 Å². The molecule has 3 rings (SSSR count). The van der Waals surface area contributed by atoms with Crippen molar-refractivity contribution in [2.24, 2.45) is 5.73 Å². The van der Waals surface area contributed by atoms with Crippen LogP contribution in [0.3, 0.4) is 0 Å². The van der Waals surface area contributed by atoms with E-state index in [2.05, 4.69) is 0 Å². The molecule has 3 aliphatic rings. The molecule has 0 amide bonds. The highest BCUT2D eigenvalue weighted by atomic mass is 16.8. The van der Waals surface area contributed by atoms with Gasteiger partial charge in [0.2, 0.25) is 0 Å². The summed E-state index contributed by atoms with van der Waals surface area (Å²) in [6.07, 6.45) is -18.6. The third kappa shape index (κ3) is 6.69. The van der Waals surface area contributed by atoms with E-state index in [-0.39, 0.29) is 13.0 Å². The maximum absolute atomic E-state index is 10.9. The molecule has 0 saturated carbocycles. The summed E-state index contributed by atoms with van der Waals surface area (Å²) < 4.78 is 34.2. The van der Waals surface area contributed by atoms with Crippen LogP contribution in [-0.4, -0.2) is 153 Å². The van der Waals surface area contributed by atoms with Gasteiger partial charge in [-0.25, -0.2) is 0 Å². The van der Waals surface area contributed by atoms with Crippen LogP contribution in [0.1, 0.15) is 19.8 Å². The van der Waals surface area contributed by atoms with Crippen LogP contribution < -0.4 is 5.73 Å². The summed E-state index contributed by atoms with van der Waals surface area (Å²) in [4.78, 5) is 0. The zero-order chi connectivity index (χ0) is 26.6. The van der Waals surface area contributed by atoms with Crippen LogP contribution in [0.25, 0.3) is 0 Å². The Hall–Kier alpha value is -0.600. The molecule has 15 nitrogen and oxygen atoms in total. The standard InChI is InChI=1S/C21H39NO14/c1-8-13(26)9(25)5-12(32-8)35-19-18(15(28)11(7-24)34-21(19)31-4-2-3-22)36-20-17(30)16(29)14(27)10(6-23)33-20/h8-21,23-30H,2-7,22H2,1H3/t8?,9-,10?,11?,12+,13-,14+,15+,16?,17+,18?,19+,20-,21-/m1/s1. The van der Waals surface area contributed by atoms with Gasteiger partial charge in [-0.15, -0.1) is 0 Å². The third-order valence-electron chi connectivity index (χ3n) is 6.55. The number of aliphatic hydroxyl groups excluding tert-OH is 8. The Balaban J connectivity index is 1.85. The lowest BCUT2D eigenvalue weighted by atomic mass is 9.96. The molecule has 0 aromatic rings. The maximum Gasteiger partial charge on any atom is 0.187 e. The molecule has 5 unspecified atom stereocenters. The zero-order valence-corrected chi connectivity index (χ0v) is 19.9. The van der Waals surface area contributed by atoms with Crippen molar-refractivity contribution in [3.8, 4) is 0 Å². The van der Waals surface area contributed by atoms with Gasteiger partial charge in [0.05, 0.1) is 32.0 Å². The summed E-state index contributed by atoms with van der Waals surface area (Å²) in [6, 6.07) is 0. The molecule has 10 N–H and O–H groups in total. The summed E-state index contributed by atoms with van der Waals surface area (Å²) in [5, 5.41) is 80.9. The molecule has 212 valence electrons. The molecule has 0 spiro atoms. The second kappa shape index (κ2) is 13.5. The fraction of sp³-hybridized carbons (Fsp3) is 1.00. The molecule has 0 aromatic carbocycles. The van der Waals surface area contributed by atoms with Crippen molar-refractivity contribution in [2.45, 2.75) is 106 Å². The number of nitrogens with two attached hydrogens (primary N) is 1. The number of rotatable bonds is 10. The van der Waals surface area contributed by atoms with Gasteiger partial charge in [0.1, 0.15) is 54.9 Å². The van der Waals surface area contributed by atoms with Crippen LogP contribution in [0.15, 0.2) is 0 Å². The van der Waals surface area contributed by atoms with Crippen molar-refractivity contribution in [2.75, 3.05) is 26.4 Å². The predicted molar refractivity (Wildman–Crippen MR) is 116 cm³/mol. The molecular formula is C21H39NO14. The monoisotopic (exact) mass is 529 g/mol. The minimum atomic E-state index is -1.77. The smallest absolute Gasteiger partial charge is 0.187 e. The Morgan fingerprint density at radius 1 is 0.750 bits per heavy atom. The van der Waals surface area contributed by atoms with Crippen molar-refractivity contribution in [1.29, 1.82) is 0 Å². The minimum absolute atomic E-state index is 0.116. The molecule has 3 saturated heterocycles. The van der Waals surface area contributed by atoms with E-state index in [1.54, 1.807) is 0 Å². The number of aliphatic hydroxyl groups is 8. The average molecular weight is 530 g/mol. The Morgan fingerprint density at radius 2 is 1.39 bits per heavy atom. The van der Waals surface area contributed by atoms with E-state index in [1.165, 1.54) is 6.92 Å². The number of ether oxygens (including phenoxy) is 6. The van der Waals surface area contributed by atoms with E-state index in [0.29, 0.717) is 13.0 Å². The fourth-order valence-electron chi connectivity index (χ4n) is 4.38. The SMILES string of the molecule is CC1O[C@@H](O[C@H]2C(O[C@H]3OC(CO)[C@H](O)C(O)[C@@H]3O)[C@@H](O)C(CO)O[C@H]2OCCCN)C[C@@H](O)[C@@H]1O. The normalized spacial score (nSPS) is 48.2. The second-order valence-electron chi connectivity index (χ2n) is 9.19. The molecule has 0 radical (unpaired) electrons. The van der Waals surface area contributed by atoms with Gasteiger partial charge in [-0.05, 0) is 19.9 Å². The van der Waals surface area contributed by atoms with Gasteiger partial charge in [0.25, 0.3) is 0 Å². The number of hydrogen-bond donors (Lipinski definition) is 9. The van der Waals surface area contributed by atoms with Crippen LogP contribution in [0, 0.1) is 0 Å². The van der Waals surface area contributed by atoms with Gasteiger partial charge in [-0.3, -0.25) is 0 Å². The zero-order valence-electron chi connectivity index (χ0n) is 19.9. The third-order valence-corrected chi connectivity index (χ3v) is 6.55. The second-order valence-corrected chi connectivity index (χ2v) is 9.19. The number of hydrogen-bond acceptors (Lipinski definition) is 15. The van der Waals surface area contributed by atoms with Crippen molar-refractivity contribution in [1.82, 2.24) is 0 Å². The Bertz CT molecular complexity index is 648. The lowest BCUT2D eigenvalue weighted by molar-refractivity contribution is -0.382. The molecular weight excluding hydrogens is 490 g/mol. The van der Waals surface area contributed by atoms with Crippen LogP contribution in [0.5, 0.6) is 0 Å². The highest BCUT2D eigenvalue weighted by molar-refractivity contribution is 4.95. The van der Waals surface area contributed by atoms with Gasteiger partial charge < -0.3 is 75.0 Å². The predicted octanol–water partition coefficient (Wildman–Crippen LogP) is -5.14. The topological polar surface area (TPSA) is 243 Å². The molecule has 0 aromatic heterocycles. The van der Waals surface area contributed by atoms with E-state index >= 15 is 0 Å². The minimum Gasteiger partial charge on any atom is -0.394 e. The van der Waals surface area contributed by atoms with E-state index in [0.717, 1.165) is 0 Å². The quantitative estimate of drug-likeness (QED) is 0.120. The van der Waals surface area contributed by atoms with Gasteiger partial charge >= 0.3 is 0 Å². The first-order valence-electron chi connectivity index (χ1n) is 12.0. The van der Waals surface area contributed by atoms with Crippen LogP contribution in [0.2, 0.25) is 0 Å². The lowest BCUT2D eigenvalue weighted by Crippen LogP contribution is -2.66. The summed E-state index contributed by atoms with van der Waals surface area (Å²) in [5.41, 5.74) is 5.53. The van der Waals surface area contributed by atoms with Crippen molar-refractivity contribution in [3.63, 3.8) is 0 Å². The Kier molecular flexibility index (Phi) is 11.2. The highest BCUT2D eigenvalue weighted by Gasteiger charge is 2.53. The molecule has 36 heavy (non-hydrogen) atoms. The fourth-order valence-corrected chi connectivity index (χ4v) is 4.38. The van der Waals surface area contributed by atoms with Crippen LogP contribution >= 0.6 is 0 Å². The van der Waals surface area contributed by atoms with E-state index < -0.39 is 99.2 Å². The molecule has 3 fully saturated rings. The largest absolute Gasteiger partial charge is 0.394 e. The van der Waals surface area contributed by atoms with Crippen molar-refractivity contribution in [3.05, 3.63) is 0 Å². The van der Waals surface area contributed by atoms with Gasteiger partial charge in [-0.1, -0.05) is 0 Å². The van der Waals surface area contributed by atoms with E-state index in [1.807, 2.05) is 0 Å². The van der Waals surface area contributed by atoms with Gasteiger partial charge in [0.15, 0.2) is 18.9 Å². The van der Waals surface area contributed by atoms with Gasteiger partial charge in [-0.2, -0.15) is 0 Å². The van der Waals surface area contributed by atoms with Crippen LogP contribution in [-0.2, 0) is 28.4 Å². The molecule has 14 atom stereocenters. The molecule has 0 bridgehead atoms.